The minimum absolute atomic E-state index is 0.0871. The van der Waals surface area contributed by atoms with Gasteiger partial charge in [-0.25, -0.2) is 0 Å². The normalized spacial score (nSPS) is 9.86. The van der Waals surface area contributed by atoms with Gasteiger partial charge in [-0.15, -0.1) is 0 Å². The van der Waals surface area contributed by atoms with Gasteiger partial charge in [-0.3, -0.25) is 10.1 Å². The molecule has 1 N–H and O–H groups in total. The highest BCUT2D eigenvalue weighted by atomic mass is 16.6. The van der Waals surface area contributed by atoms with Crippen LogP contribution in [0, 0.1) is 10.1 Å². The molecule has 0 aliphatic rings. The Morgan fingerprint density at radius 2 is 2.29 bits per heavy atom. The van der Waals surface area contributed by atoms with E-state index >= 15 is 0 Å². The number of hydrogen-bond donors (Lipinski definition) is 1. The maximum atomic E-state index is 10.5. The molecule has 0 unspecified atom stereocenters. The van der Waals surface area contributed by atoms with Crippen molar-refractivity contribution >= 4 is 5.69 Å². The van der Waals surface area contributed by atoms with Crippen LogP contribution in [-0.4, -0.2) is 16.6 Å². The summed E-state index contributed by atoms with van der Waals surface area (Å²) in [5, 5.41) is 19.4. The Morgan fingerprint density at radius 3 is 2.79 bits per heavy atom. The first-order chi connectivity index (χ1) is 6.69. The smallest absolute Gasteiger partial charge is 0.275 e. The van der Waals surface area contributed by atoms with Gasteiger partial charge >= 0.3 is 0 Å². The lowest BCUT2D eigenvalue weighted by atomic mass is 10.2. The first-order valence-corrected chi connectivity index (χ1v) is 4.20. The van der Waals surface area contributed by atoms with E-state index in [1.165, 1.54) is 18.2 Å². The molecule has 0 fully saturated rings. The van der Waals surface area contributed by atoms with Crippen molar-refractivity contribution in [2.75, 3.05) is 6.61 Å². The summed E-state index contributed by atoms with van der Waals surface area (Å²) >= 11 is 0. The van der Waals surface area contributed by atoms with E-state index in [9.17, 15) is 10.1 Å². The van der Waals surface area contributed by atoms with Crippen LogP contribution in [0.4, 0.5) is 5.69 Å². The first kappa shape index (κ1) is 10.5. The Labute approximate surface area is 81.1 Å². The number of nitro groups is 1. The van der Waals surface area contributed by atoms with E-state index in [0.717, 1.165) is 0 Å². The lowest BCUT2D eigenvalue weighted by Gasteiger charge is -2.04. The van der Waals surface area contributed by atoms with Gasteiger partial charge in [-0.05, 0) is 19.1 Å². The predicted octanol–water partition coefficient (Wildman–Crippen LogP) is 1.49. The van der Waals surface area contributed by atoms with Crippen molar-refractivity contribution in [3.63, 3.8) is 0 Å². The Balaban J connectivity index is 3.05. The third-order valence-electron chi connectivity index (χ3n) is 1.73. The zero-order valence-electron chi connectivity index (χ0n) is 7.77. The molecule has 5 heteroatoms. The molecular weight excluding hydrogens is 186 g/mol. The molecule has 0 heterocycles. The van der Waals surface area contributed by atoms with E-state index in [4.69, 9.17) is 9.84 Å². The Kier molecular flexibility index (Phi) is 3.41. The fourth-order valence-corrected chi connectivity index (χ4v) is 1.12. The molecule has 14 heavy (non-hydrogen) atoms. The number of benzene rings is 1. The van der Waals surface area contributed by atoms with Crippen LogP contribution in [0.15, 0.2) is 18.2 Å². The molecule has 0 aliphatic heterocycles. The van der Waals surface area contributed by atoms with E-state index in [0.29, 0.717) is 12.4 Å². The zero-order chi connectivity index (χ0) is 10.6. The number of hydrogen-bond acceptors (Lipinski definition) is 4. The van der Waals surface area contributed by atoms with Crippen molar-refractivity contribution in [2.45, 2.75) is 13.5 Å². The van der Waals surface area contributed by atoms with Crippen molar-refractivity contribution in [1.82, 2.24) is 0 Å². The lowest BCUT2D eigenvalue weighted by molar-refractivity contribution is -0.385. The molecule has 1 aromatic carbocycles. The number of aliphatic hydroxyl groups is 1. The molecule has 1 aromatic rings. The largest absolute Gasteiger partial charge is 0.494 e. The monoisotopic (exact) mass is 197 g/mol. The average molecular weight is 197 g/mol. The van der Waals surface area contributed by atoms with Crippen molar-refractivity contribution in [3.05, 3.63) is 33.9 Å². The van der Waals surface area contributed by atoms with Crippen molar-refractivity contribution in [1.29, 1.82) is 0 Å². The van der Waals surface area contributed by atoms with E-state index in [1.807, 2.05) is 6.92 Å². The second kappa shape index (κ2) is 4.57. The molecule has 1 rings (SSSR count). The fourth-order valence-electron chi connectivity index (χ4n) is 1.12. The van der Waals surface area contributed by atoms with Crippen molar-refractivity contribution in [2.24, 2.45) is 0 Å². The highest BCUT2D eigenvalue weighted by molar-refractivity contribution is 5.44. The van der Waals surface area contributed by atoms with Crippen LogP contribution in [0.2, 0.25) is 0 Å². The molecule has 0 saturated heterocycles. The Bertz CT molecular complexity index is 338. The lowest BCUT2D eigenvalue weighted by Crippen LogP contribution is -1.97. The summed E-state index contributed by atoms with van der Waals surface area (Å²) in [5.41, 5.74) is 0.178. The van der Waals surface area contributed by atoms with Crippen molar-refractivity contribution in [3.8, 4) is 5.75 Å². The van der Waals surface area contributed by atoms with E-state index in [2.05, 4.69) is 0 Å². The molecular formula is C9H11NO4. The molecule has 76 valence electrons. The van der Waals surface area contributed by atoms with Gasteiger partial charge in [0.2, 0.25) is 0 Å². The van der Waals surface area contributed by atoms with Gasteiger partial charge in [0, 0.05) is 6.07 Å². The van der Waals surface area contributed by atoms with E-state index < -0.39 is 4.92 Å². The Morgan fingerprint density at radius 1 is 1.57 bits per heavy atom. The SMILES string of the molecule is CCOc1ccc([N+](=O)[O-])c(CO)c1. The summed E-state index contributed by atoms with van der Waals surface area (Å²) in [7, 11) is 0. The maximum Gasteiger partial charge on any atom is 0.275 e. The molecule has 0 spiro atoms. The van der Waals surface area contributed by atoms with Gasteiger partial charge < -0.3 is 9.84 Å². The summed E-state index contributed by atoms with van der Waals surface area (Å²) in [5.74, 6) is 0.530. The van der Waals surface area contributed by atoms with Gasteiger partial charge in [0.1, 0.15) is 5.75 Å². The maximum absolute atomic E-state index is 10.5. The fraction of sp³-hybridized carbons (Fsp3) is 0.333. The quantitative estimate of drug-likeness (QED) is 0.586. The molecule has 0 atom stereocenters. The Hall–Kier alpha value is -1.62. The molecule has 0 bridgehead atoms. The van der Waals surface area contributed by atoms with Gasteiger partial charge in [0.05, 0.1) is 23.7 Å². The first-order valence-electron chi connectivity index (χ1n) is 4.20. The zero-order valence-corrected chi connectivity index (χ0v) is 7.77. The number of aliphatic hydroxyl groups excluding tert-OH is 1. The highest BCUT2D eigenvalue weighted by Crippen LogP contribution is 2.23. The molecule has 0 aliphatic carbocycles. The van der Waals surface area contributed by atoms with Crippen LogP contribution >= 0.6 is 0 Å². The second-order valence-corrected chi connectivity index (χ2v) is 2.64. The van der Waals surface area contributed by atoms with Gasteiger partial charge in [-0.1, -0.05) is 0 Å². The number of nitro benzene ring substituents is 1. The van der Waals surface area contributed by atoms with Gasteiger partial charge in [-0.2, -0.15) is 0 Å². The molecule has 0 saturated carbocycles. The summed E-state index contributed by atoms with van der Waals surface area (Å²) in [6.45, 7) is 1.94. The number of ether oxygens (including phenoxy) is 1. The molecule has 0 radical (unpaired) electrons. The number of nitrogens with zero attached hydrogens (tertiary/aromatic N) is 1. The third kappa shape index (κ3) is 2.20. The predicted molar refractivity (Wildman–Crippen MR) is 50.2 cm³/mol. The molecule has 0 amide bonds. The summed E-state index contributed by atoms with van der Waals surface area (Å²) in [4.78, 5) is 9.98. The minimum atomic E-state index is -0.527. The standard InChI is InChI=1S/C9H11NO4/c1-2-14-8-3-4-9(10(12)13)7(5-8)6-11/h3-5,11H,2,6H2,1H3. The van der Waals surface area contributed by atoms with Crippen LogP contribution in [0.25, 0.3) is 0 Å². The van der Waals surface area contributed by atoms with Gasteiger partial charge in [0.15, 0.2) is 0 Å². The van der Waals surface area contributed by atoms with Crippen molar-refractivity contribution < 1.29 is 14.8 Å². The second-order valence-electron chi connectivity index (χ2n) is 2.64. The molecule has 5 nitrogen and oxygen atoms in total. The van der Waals surface area contributed by atoms with Crippen LogP contribution in [0.5, 0.6) is 5.75 Å². The highest BCUT2D eigenvalue weighted by Gasteiger charge is 2.13. The van der Waals surface area contributed by atoms with Gasteiger partial charge in [0.25, 0.3) is 5.69 Å². The van der Waals surface area contributed by atoms with Crippen LogP contribution in [-0.2, 0) is 6.61 Å². The molecule has 0 aromatic heterocycles. The van der Waals surface area contributed by atoms with E-state index in [-0.39, 0.29) is 17.9 Å². The van der Waals surface area contributed by atoms with Crippen LogP contribution in [0.3, 0.4) is 0 Å². The summed E-state index contributed by atoms with van der Waals surface area (Å²) in [6, 6.07) is 4.32. The van der Waals surface area contributed by atoms with E-state index in [1.54, 1.807) is 0 Å². The summed E-state index contributed by atoms with van der Waals surface area (Å²) < 4.78 is 5.15. The third-order valence-corrected chi connectivity index (χ3v) is 1.73. The van der Waals surface area contributed by atoms with Crippen LogP contribution in [0.1, 0.15) is 12.5 Å². The number of rotatable bonds is 4. The average Bonchev–Trinajstić information content (AvgIpc) is 2.17. The van der Waals surface area contributed by atoms with Crippen LogP contribution < -0.4 is 4.74 Å². The summed E-state index contributed by atoms with van der Waals surface area (Å²) in [6.07, 6.45) is 0. The topological polar surface area (TPSA) is 72.6 Å². The minimum Gasteiger partial charge on any atom is -0.494 e.